The predicted molar refractivity (Wildman–Crippen MR) is 164 cm³/mol. The number of nitrogens with two attached hydrogens (primary N) is 1. The summed E-state index contributed by atoms with van der Waals surface area (Å²) in [6.45, 7) is 1.91. The van der Waals surface area contributed by atoms with Crippen LogP contribution >= 0.6 is 11.3 Å². The number of rotatable bonds is 8. The van der Waals surface area contributed by atoms with Gasteiger partial charge in [-0.2, -0.15) is 0 Å². The topological polar surface area (TPSA) is 216 Å². The summed E-state index contributed by atoms with van der Waals surface area (Å²) < 4.78 is 4.97. The lowest BCUT2D eigenvalue weighted by atomic mass is 9.57. The summed E-state index contributed by atoms with van der Waals surface area (Å²) in [7, 11) is 6.67. The molecule has 240 valence electrons. The van der Waals surface area contributed by atoms with E-state index in [1.54, 1.807) is 46.1 Å². The van der Waals surface area contributed by atoms with Crippen molar-refractivity contribution in [3.63, 3.8) is 0 Å². The number of aliphatic hydroxyl groups is 3. The van der Waals surface area contributed by atoms with Crippen molar-refractivity contribution in [2.75, 3.05) is 45.0 Å². The van der Waals surface area contributed by atoms with Crippen molar-refractivity contribution in [1.29, 1.82) is 0 Å². The van der Waals surface area contributed by atoms with Crippen LogP contribution in [0.15, 0.2) is 28.4 Å². The van der Waals surface area contributed by atoms with Crippen LogP contribution in [0.25, 0.3) is 5.76 Å². The number of benzene rings is 1. The summed E-state index contributed by atoms with van der Waals surface area (Å²) in [5, 5.41) is 50.9. The van der Waals surface area contributed by atoms with Gasteiger partial charge in [-0.3, -0.25) is 19.3 Å². The molecule has 0 saturated heterocycles. The highest BCUT2D eigenvalue weighted by atomic mass is 32.1. The average molecular weight is 642 g/mol. The third-order valence-electron chi connectivity index (χ3n) is 8.68. The standard InChI is InChI=1S/C30H35N5O9S/c1-6-44-28(42)16-11-45-29(33-16)32-10-13-9-17(34(2)3)14-7-12-8-15-21(35(4)5)24(38)20(27(31)41)26(40)30(15,43)25(39)18(12)23(37)19(14)22(13)36/h9,11-12,15,21,36-37,40,43H,6-8,10H2,1-5H3,(H2,31,41)(H,32,33)/t12-,15-,21-,30-/m0/s1. The number of likely N-dealkylation sites (N-methyl/N-ethyl adjacent to an activating group) is 1. The van der Waals surface area contributed by atoms with E-state index >= 15 is 0 Å². The number of hydrogen-bond donors (Lipinski definition) is 6. The minimum absolute atomic E-state index is 0.00442. The van der Waals surface area contributed by atoms with E-state index in [2.05, 4.69) is 10.3 Å². The number of anilines is 2. The number of thiazole rings is 1. The summed E-state index contributed by atoms with van der Waals surface area (Å²) in [6, 6.07) is 0.577. The van der Waals surface area contributed by atoms with E-state index in [4.69, 9.17) is 10.5 Å². The first-order valence-electron chi connectivity index (χ1n) is 14.2. The van der Waals surface area contributed by atoms with E-state index < -0.39 is 64.0 Å². The Morgan fingerprint density at radius 1 is 1.20 bits per heavy atom. The summed E-state index contributed by atoms with van der Waals surface area (Å²) in [5.41, 5.74) is 3.23. The Hall–Kier alpha value is -4.47. The largest absolute Gasteiger partial charge is 0.508 e. The Balaban J connectivity index is 1.60. The third kappa shape index (κ3) is 4.91. The van der Waals surface area contributed by atoms with Gasteiger partial charge in [0.05, 0.1) is 18.2 Å². The van der Waals surface area contributed by atoms with Crippen molar-refractivity contribution < 1.29 is 44.3 Å². The van der Waals surface area contributed by atoms with Gasteiger partial charge in [0.2, 0.25) is 5.78 Å². The van der Waals surface area contributed by atoms with Crippen molar-refractivity contribution in [2.24, 2.45) is 17.6 Å². The number of aromatic hydroxyl groups is 1. The number of aliphatic hydroxyl groups excluding tert-OH is 2. The van der Waals surface area contributed by atoms with Crippen LogP contribution in [0.5, 0.6) is 5.75 Å². The molecule has 1 aromatic carbocycles. The van der Waals surface area contributed by atoms with Gasteiger partial charge in [-0.25, -0.2) is 9.78 Å². The lowest BCUT2D eigenvalue weighted by Gasteiger charge is -2.50. The summed E-state index contributed by atoms with van der Waals surface area (Å²) in [4.78, 5) is 59.1. The number of carbonyl (C=O) groups excluding carboxylic acids is 4. The van der Waals surface area contributed by atoms with Crippen LogP contribution in [0, 0.1) is 11.8 Å². The van der Waals surface area contributed by atoms with E-state index in [0.29, 0.717) is 21.9 Å². The second-order valence-electron chi connectivity index (χ2n) is 11.7. The molecule has 0 spiro atoms. The van der Waals surface area contributed by atoms with Crippen molar-refractivity contribution in [2.45, 2.75) is 38.0 Å². The highest BCUT2D eigenvalue weighted by molar-refractivity contribution is 7.13. The van der Waals surface area contributed by atoms with Crippen molar-refractivity contribution in [3.05, 3.63) is 50.7 Å². The zero-order valence-electron chi connectivity index (χ0n) is 25.4. The number of fused-ring (bicyclic) bond motifs is 3. The number of amides is 1. The van der Waals surface area contributed by atoms with Gasteiger partial charge < -0.3 is 41.1 Å². The number of ether oxygens (including phenoxy) is 1. The number of nitrogens with zero attached hydrogens (tertiary/aromatic N) is 3. The van der Waals surface area contributed by atoms with Crippen LogP contribution in [-0.4, -0.2) is 100 Å². The van der Waals surface area contributed by atoms with Crippen molar-refractivity contribution in [3.8, 4) is 5.75 Å². The van der Waals surface area contributed by atoms with Gasteiger partial charge in [-0.1, -0.05) is 0 Å². The zero-order chi connectivity index (χ0) is 33.1. The Kier molecular flexibility index (Phi) is 8.14. The molecule has 1 fully saturated rings. The maximum absolute atomic E-state index is 14.1. The molecule has 4 atom stereocenters. The molecule has 1 heterocycles. The fraction of sp³-hybridized carbons (Fsp3) is 0.433. The van der Waals surface area contributed by atoms with Crippen LogP contribution < -0.4 is 16.0 Å². The number of phenolic OH excluding ortho intramolecular Hbond substituents is 1. The normalized spacial score (nSPS) is 24.3. The maximum atomic E-state index is 14.1. The molecule has 3 aliphatic carbocycles. The second kappa shape index (κ2) is 11.5. The molecule has 5 rings (SSSR count). The minimum Gasteiger partial charge on any atom is -0.508 e. The monoisotopic (exact) mass is 641 g/mol. The molecule has 0 bridgehead atoms. The number of phenols is 1. The maximum Gasteiger partial charge on any atom is 0.357 e. The van der Waals surface area contributed by atoms with Gasteiger partial charge >= 0.3 is 5.97 Å². The smallest absolute Gasteiger partial charge is 0.357 e. The predicted octanol–water partition coefficient (Wildman–Crippen LogP) is 1.28. The summed E-state index contributed by atoms with van der Waals surface area (Å²) in [5.74, 6) is -7.63. The first-order valence-corrected chi connectivity index (χ1v) is 15.1. The molecule has 7 N–H and O–H groups in total. The van der Waals surface area contributed by atoms with Gasteiger partial charge in [0, 0.05) is 48.8 Å². The van der Waals surface area contributed by atoms with E-state index in [1.807, 2.05) is 0 Å². The van der Waals surface area contributed by atoms with Gasteiger partial charge in [0.25, 0.3) is 5.91 Å². The molecule has 0 radical (unpaired) electrons. The van der Waals surface area contributed by atoms with Crippen LogP contribution in [0.2, 0.25) is 0 Å². The molecule has 1 amide bonds. The van der Waals surface area contributed by atoms with Gasteiger partial charge in [-0.05, 0) is 51.4 Å². The molecular formula is C30H35N5O9S. The minimum atomic E-state index is -2.72. The molecule has 0 aliphatic heterocycles. The molecule has 3 aliphatic rings. The first kappa shape index (κ1) is 31.9. The molecular weight excluding hydrogens is 606 g/mol. The van der Waals surface area contributed by atoms with E-state index in [-0.39, 0.29) is 48.6 Å². The summed E-state index contributed by atoms with van der Waals surface area (Å²) in [6.07, 6.45) is 0.161. The lowest BCUT2D eigenvalue weighted by Crippen LogP contribution is -2.65. The molecule has 45 heavy (non-hydrogen) atoms. The fourth-order valence-corrected chi connectivity index (χ4v) is 7.38. The number of esters is 1. The highest BCUT2D eigenvalue weighted by Crippen LogP contribution is 2.54. The second-order valence-corrected chi connectivity index (χ2v) is 12.6. The SMILES string of the molecule is CCOC(=O)c1csc(NCc2cc(N(C)C)c3c(c2O)C(O)=C2C(=O)[C@]4(O)C(O)=C(C(N)=O)C(=O)[C@@H](N(C)C)[C@@H]4C[C@@H]2C3)n1. The van der Waals surface area contributed by atoms with Crippen molar-refractivity contribution >= 4 is 51.4 Å². The molecule has 0 unspecified atom stereocenters. The van der Waals surface area contributed by atoms with E-state index in [0.717, 1.165) is 11.3 Å². The van der Waals surface area contributed by atoms with Crippen LogP contribution in [0.4, 0.5) is 10.8 Å². The Morgan fingerprint density at radius 3 is 2.49 bits per heavy atom. The molecule has 2 aromatic rings. The molecule has 14 nitrogen and oxygen atoms in total. The number of primary amides is 1. The Bertz CT molecular complexity index is 1690. The van der Waals surface area contributed by atoms with Gasteiger partial charge in [0.15, 0.2) is 22.2 Å². The Labute approximate surface area is 262 Å². The number of ketones is 2. The Morgan fingerprint density at radius 2 is 1.89 bits per heavy atom. The first-order chi connectivity index (χ1) is 21.1. The zero-order valence-corrected chi connectivity index (χ0v) is 26.2. The highest BCUT2D eigenvalue weighted by Gasteiger charge is 2.64. The molecule has 1 saturated carbocycles. The van der Waals surface area contributed by atoms with E-state index in [1.165, 1.54) is 10.3 Å². The molecule has 1 aromatic heterocycles. The van der Waals surface area contributed by atoms with Gasteiger partial charge in [-0.15, -0.1) is 11.3 Å². The lowest BCUT2D eigenvalue weighted by molar-refractivity contribution is -0.153. The van der Waals surface area contributed by atoms with Crippen LogP contribution in [0.3, 0.4) is 0 Å². The average Bonchev–Trinajstić information content (AvgIpc) is 3.43. The number of aromatic nitrogens is 1. The van der Waals surface area contributed by atoms with Gasteiger partial charge in [0.1, 0.15) is 22.8 Å². The number of hydrogen-bond acceptors (Lipinski definition) is 14. The van der Waals surface area contributed by atoms with Crippen LogP contribution in [0.1, 0.15) is 40.5 Å². The summed E-state index contributed by atoms with van der Waals surface area (Å²) >= 11 is 1.16. The van der Waals surface area contributed by atoms with E-state index in [9.17, 15) is 39.6 Å². The number of Topliss-reactive ketones (excluding diaryl/α,β-unsaturated/α-hetero) is 2. The molecule has 15 heteroatoms. The quantitative estimate of drug-likeness (QED) is 0.177. The number of carbonyl (C=O) groups is 4. The third-order valence-corrected chi connectivity index (χ3v) is 9.48. The van der Waals surface area contributed by atoms with Crippen LogP contribution in [-0.2, 0) is 32.1 Å². The fourth-order valence-electron chi connectivity index (χ4n) is 6.70. The number of nitrogens with one attached hydrogen (secondary N) is 1. The van der Waals surface area contributed by atoms with Crippen molar-refractivity contribution in [1.82, 2.24) is 9.88 Å².